The van der Waals surface area contributed by atoms with E-state index in [0.717, 1.165) is 19.6 Å². The van der Waals surface area contributed by atoms with E-state index < -0.39 is 0 Å². The molecule has 2 heterocycles. The number of piperazine rings is 1. The maximum absolute atomic E-state index is 3.42. The number of likely N-dealkylation sites (N-methyl/N-ethyl adjacent to an activating group) is 1. The van der Waals surface area contributed by atoms with E-state index in [1.807, 2.05) is 0 Å². The molecule has 1 fully saturated rings. The summed E-state index contributed by atoms with van der Waals surface area (Å²) in [6.07, 6.45) is 1.20. The van der Waals surface area contributed by atoms with E-state index in [1.165, 1.54) is 30.8 Å². The number of hydrogen-bond donors (Lipinski definition) is 1. The van der Waals surface area contributed by atoms with Crippen molar-refractivity contribution in [3.05, 3.63) is 29.3 Å². The van der Waals surface area contributed by atoms with E-state index in [9.17, 15) is 0 Å². The Balaban J connectivity index is 1.81. The summed E-state index contributed by atoms with van der Waals surface area (Å²) in [5.74, 6) is 0. The van der Waals surface area contributed by atoms with Gasteiger partial charge in [0, 0.05) is 51.5 Å². The van der Waals surface area contributed by atoms with E-state index in [1.54, 1.807) is 5.56 Å². The molecule has 1 saturated heterocycles. The van der Waals surface area contributed by atoms with Gasteiger partial charge in [0.2, 0.25) is 0 Å². The van der Waals surface area contributed by atoms with E-state index in [2.05, 4.69) is 47.3 Å². The molecule has 0 spiro atoms. The SMILES string of the molecule is CC1Cc2c(CN3CCNCC3)cccc2N1C. The summed E-state index contributed by atoms with van der Waals surface area (Å²) in [5, 5.41) is 3.42. The lowest BCUT2D eigenvalue weighted by Crippen LogP contribution is -2.43. The molecule has 2 aliphatic rings. The van der Waals surface area contributed by atoms with Gasteiger partial charge < -0.3 is 10.2 Å². The van der Waals surface area contributed by atoms with Crippen LogP contribution in [0.1, 0.15) is 18.1 Å². The number of fused-ring (bicyclic) bond motifs is 1. The Hall–Kier alpha value is -1.06. The molecule has 1 atom stereocenters. The largest absolute Gasteiger partial charge is 0.371 e. The Morgan fingerprint density at radius 1 is 1.28 bits per heavy atom. The topological polar surface area (TPSA) is 18.5 Å². The predicted octanol–water partition coefficient (Wildman–Crippen LogP) is 1.47. The van der Waals surface area contributed by atoms with Crippen molar-refractivity contribution >= 4 is 5.69 Å². The standard InChI is InChI=1S/C15H23N3/c1-12-10-14-13(4-3-5-15(14)17(12)2)11-18-8-6-16-7-9-18/h3-5,12,16H,6-11H2,1-2H3. The monoisotopic (exact) mass is 245 g/mol. The van der Waals surface area contributed by atoms with Crippen LogP contribution in [-0.4, -0.2) is 44.2 Å². The second-order valence-corrected chi connectivity index (χ2v) is 5.61. The normalized spacial score (nSPS) is 24.3. The number of nitrogens with zero attached hydrogens (tertiary/aromatic N) is 2. The van der Waals surface area contributed by atoms with Crippen molar-refractivity contribution < 1.29 is 0 Å². The molecule has 3 nitrogen and oxygen atoms in total. The van der Waals surface area contributed by atoms with Gasteiger partial charge in [-0.15, -0.1) is 0 Å². The number of hydrogen-bond acceptors (Lipinski definition) is 3. The summed E-state index contributed by atoms with van der Waals surface area (Å²) < 4.78 is 0. The molecule has 1 aromatic rings. The summed E-state index contributed by atoms with van der Waals surface area (Å²) in [7, 11) is 2.21. The molecule has 0 amide bonds. The van der Waals surface area contributed by atoms with E-state index in [4.69, 9.17) is 0 Å². The van der Waals surface area contributed by atoms with E-state index >= 15 is 0 Å². The quantitative estimate of drug-likeness (QED) is 0.851. The van der Waals surface area contributed by atoms with Crippen molar-refractivity contribution in [2.75, 3.05) is 38.1 Å². The highest BCUT2D eigenvalue weighted by Gasteiger charge is 2.25. The predicted molar refractivity (Wildman–Crippen MR) is 76.2 cm³/mol. The molecule has 1 unspecified atom stereocenters. The minimum Gasteiger partial charge on any atom is -0.371 e. The molecule has 2 aliphatic heterocycles. The molecule has 0 saturated carbocycles. The molecule has 3 heteroatoms. The van der Waals surface area contributed by atoms with Crippen LogP contribution in [-0.2, 0) is 13.0 Å². The van der Waals surface area contributed by atoms with Crippen LogP contribution in [0, 0.1) is 0 Å². The highest BCUT2D eigenvalue weighted by molar-refractivity contribution is 5.61. The molecule has 3 rings (SSSR count). The Morgan fingerprint density at radius 2 is 2.06 bits per heavy atom. The lowest BCUT2D eigenvalue weighted by molar-refractivity contribution is 0.232. The minimum absolute atomic E-state index is 0.643. The van der Waals surface area contributed by atoms with Gasteiger partial charge in [-0.05, 0) is 30.5 Å². The van der Waals surface area contributed by atoms with Gasteiger partial charge in [0.25, 0.3) is 0 Å². The van der Waals surface area contributed by atoms with Crippen LogP contribution in [0.3, 0.4) is 0 Å². The van der Waals surface area contributed by atoms with Crippen LogP contribution < -0.4 is 10.2 Å². The van der Waals surface area contributed by atoms with Gasteiger partial charge in [-0.3, -0.25) is 4.90 Å². The number of nitrogens with one attached hydrogen (secondary N) is 1. The molecular formula is C15H23N3. The number of anilines is 1. The first-order valence-corrected chi connectivity index (χ1v) is 7.02. The van der Waals surface area contributed by atoms with Crippen LogP contribution >= 0.6 is 0 Å². The second kappa shape index (κ2) is 4.90. The van der Waals surface area contributed by atoms with Crippen LogP contribution in [0.2, 0.25) is 0 Å². The summed E-state index contributed by atoms with van der Waals surface area (Å²) >= 11 is 0. The minimum atomic E-state index is 0.643. The molecule has 0 bridgehead atoms. The third kappa shape index (κ3) is 2.13. The van der Waals surface area contributed by atoms with Gasteiger partial charge in [0.1, 0.15) is 0 Å². The molecule has 0 radical (unpaired) electrons. The van der Waals surface area contributed by atoms with Crippen LogP contribution in [0.25, 0.3) is 0 Å². The molecule has 1 aromatic carbocycles. The van der Waals surface area contributed by atoms with Gasteiger partial charge in [0.15, 0.2) is 0 Å². The zero-order chi connectivity index (χ0) is 12.5. The van der Waals surface area contributed by atoms with Crippen LogP contribution in [0.5, 0.6) is 0 Å². The summed E-state index contributed by atoms with van der Waals surface area (Å²) in [6.45, 7) is 8.04. The summed E-state index contributed by atoms with van der Waals surface area (Å²) in [5.41, 5.74) is 4.55. The fraction of sp³-hybridized carbons (Fsp3) is 0.600. The summed E-state index contributed by atoms with van der Waals surface area (Å²) in [6, 6.07) is 7.43. The fourth-order valence-corrected chi connectivity index (χ4v) is 3.12. The van der Waals surface area contributed by atoms with Crippen molar-refractivity contribution in [3.8, 4) is 0 Å². The third-order valence-electron chi connectivity index (χ3n) is 4.39. The maximum atomic E-state index is 3.42. The first-order chi connectivity index (χ1) is 8.75. The molecule has 0 aliphatic carbocycles. The first kappa shape index (κ1) is 12.0. The first-order valence-electron chi connectivity index (χ1n) is 7.02. The Kier molecular flexibility index (Phi) is 3.27. The van der Waals surface area contributed by atoms with Gasteiger partial charge in [-0.2, -0.15) is 0 Å². The molecular weight excluding hydrogens is 222 g/mol. The lowest BCUT2D eigenvalue weighted by Gasteiger charge is -2.28. The lowest BCUT2D eigenvalue weighted by atomic mass is 10.0. The van der Waals surface area contributed by atoms with Crippen molar-refractivity contribution in [2.24, 2.45) is 0 Å². The average molecular weight is 245 g/mol. The Labute approximate surface area is 110 Å². The highest BCUT2D eigenvalue weighted by atomic mass is 15.2. The van der Waals surface area contributed by atoms with Crippen molar-refractivity contribution in [2.45, 2.75) is 25.9 Å². The molecule has 98 valence electrons. The molecule has 18 heavy (non-hydrogen) atoms. The maximum Gasteiger partial charge on any atom is 0.0402 e. The Morgan fingerprint density at radius 3 is 2.83 bits per heavy atom. The smallest absolute Gasteiger partial charge is 0.0402 e. The number of rotatable bonds is 2. The zero-order valence-corrected chi connectivity index (χ0v) is 11.4. The zero-order valence-electron chi connectivity index (χ0n) is 11.4. The second-order valence-electron chi connectivity index (χ2n) is 5.61. The van der Waals surface area contributed by atoms with Gasteiger partial charge in [-0.25, -0.2) is 0 Å². The van der Waals surface area contributed by atoms with Gasteiger partial charge in [-0.1, -0.05) is 12.1 Å². The van der Waals surface area contributed by atoms with Gasteiger partial charge in [0.05, 0.1) is 0 Å². The van der Waals surface area contributed by atoms with Crippen molar-refractivity contribution in [3.63, 3.8) is 0 Å². The summed E-state index contributed by atoms with van der Waals surface area (Å²) in [4.78, 5) is 4.98. The number of benzene rings is 1. The molecule has 0 aromatic heterocycles. The van der Waals surface area contributed by atoms with Crippen molar-refractivity contribution in [1.82, 2.24) is 10.2 Å². The fourth-order valence-electron chi connectivity index (χ4n) is 3.12. The highest BCUT2D eigenvalue weighted by Crippen LogP contribution is 2.33. The van der Waals surface area contributed by atoms with E-state index in [-0.39, 0.29) is 0 Å². The average Bonchev–Trinajstić information content (AvgIpc) is 2.69. The van der Waals surface area contributed by atoms with Crippen molar-refractivity contribution in [1.29, 1.82) is 0 Å². The Bertz CT molecular complexity index is 424. The third-order valence-corrected chi connectivity index (χ3v) is 4.39. The van der Waals surface area contributed by atoms with Crippen LogP contribution in [0.4, 0.5) is 5.69 Å². The van der Waals surface area contributed by atoms with E-state index in [0.29, 0.717) is 6.04 Å². The van der Waals surface area contributed by atoms with Crippen LogP contribution in [0.15, 0.2) is 18.2 Å². The molecule has 1 N–H and O–H groups in total. The van der Waals surface area contributed by atoms with Gasteiger partial charge >= 0.3 is 0 Å².